The second-order valence-corrected chi connectivity index (χ2v) is 23.1. The van der Waals surface area contributed by atoms with Crippen LogP contribution in [-0.2, 0) is 22.5 Å². The average molecular weight is 954 g/mol. The highest BCUT2D eigenvalue weighted by Gasteiger charge is 2.17. The zero-order valence-electron chi connectivity index (χ0n) is 47.5. The largest absolute Gasteiger partial charge is 0.462 e. The molecule has 1 aromatic rings. The fourth-order valence-electron chi connectivity index (χ4n) is 10.9. The van der Waals surface area contributed by atoms with Gasteiger partial charge in [0.15, 0.2) is 0 Å². The molecule has 0 aliphatic heterocycles. The third kappa shape index (κ3) is 43.5. The first-order valence-corrected chi connectivity index (χ1v) is 31.6. The fraction of sp³-hybridized carbons (Fsp3) is 0.938. The number of hydrogen-bond donors (Lipinski definition) is 0. The third-order valence-electron chi connectivity index (χ3n) is 15.7. The minimum atomic E-state index is 0.0316. The van der Waals surface area contributed by atoms with Gasteiger partial charge in [-0.2, -0.15) is 0 Å². The maximum atomic E-state index is 13.3. The Hall–Kier alpha value is -1.32. The molecule has 0 aliphatic carbocycles. The molecule has 2 atom stereocenters. The lowest BCUT2D eigenvalue weighted by atomic mass is 9.89. The van der Waals surface area contributed by atoms with E-state index in [1.807, 2.05) is 6.20 Å². The van der Waals surface area contributed by atoms with Crippen molar-refractivity contribution in [2.24, 2.45) is 17.8 Å². The summed E-state index contributed by atoms with van der Waals surface area (Å²) in [6.45, 7) is 14.9. The smallest absolute Gasteiger partial charge is 0.306 e. The molecule has 4 heteroatoms. The summed E-state index contributed by atoms with van der Waals surface area (Å²) in [4.78, 5) is 17.9. The molecule has 2 unspecified atom stereocenters. The van der Waals surface area contributed by atoms with Gasteiger partial charge in [-0.3, -0.25) is 4.79 Å². The minimum Gasteiger partial charge on any atom is -0.462 e. The molecule has 0 aromatic carbocycles. The quantitative estimate of drug-likeness (QED) is 0.0483. The van der Waals surface area contributed by atoms with Gasteiger partial charge in [0.25, 0.3) is 0 Å². The van der Waals surface area contributed by atoms with Crippen molar-refractivity contribution in [1.82, 2.24) is 9.55 Å². The number of carbonyl (C=O) groups excluding carboxylic acids is 1. The highest BCUT2D eigenvalue weighted by molar-refractivity contribution is 5.69. The molecule has 0 amide bonds. The summed E-state index contributed by atoms with van der Waals surface area (Å²) in [5, 5.41) is 0. The molecular weight excluding hydrogens is 829 g/mol. The Bertz CT molecular complexity index is 1110. The van der Waals surface area contributed by atoms with Crippen LogP contribution in [0.15, 0.2) is 12.4 Å². The van der Waals surface area contributed by atoms with E-state index in [9.17, 15) is 4.79 Å². The maximum absolute atomic E-state index is 13.3. The molecular formula is C64H124N2O2. The van der Waals surface area contributed by atoms with Crippen LogP contribution in [0.5, 0.6) is 0 Å². The van der Waals surface area contributed by atoms with E-state index in [-0.39, 0.29) is 12.1 Å². The second-order valence-electron chi connectivity index (χ2n) is 23.1. The first kappa shape index (κ1) is 64.7. The molecule has 0 fully saturated rings. The molecule has 68 heavy (non-hydrogen) atoms. The lowest BCUT2D eigenvalue weighted by molar-refractivity contribution is -0.150. The molecule has 0 spiro atoms. The fourth-order valence-corrected chi connectivity index (χ4v) is 10.9. The maximum Gasteiger partial charge on any atom is 0.306 e. The van der Waals surface area contributed by atoms with Gasteiger partial charge >= 0.3 is 5.97 Å². The van der Waals surface area contributed by atoms with Crippen LogP contribution >= 0.6 is 0 Å². The molecule has 0 saturated carbocycles. The van der Waals surface area contributed by atoms with Crippen LogP contribution < -0.4 is 0 Å². The molecule has 4 nitrogen and oxygen atoms in total. The van der Waals surface area contributed by atoms with Gasteiger partial charge in [-0.15, -0.1) is 0 Å². The molecule has 0 radical (unpaired) electrons. The molecule has 0 N–H and O–H groups in total. The second kappa shape index (κ2) is 50.6. The van der Waals surface area contributed by atoms with Crippen LogP contribution in [-0.4, -0.2) is 21.6 Å². The van der Waals surface area contributed by atoms with Crippen LogP contribution in [0.3, 0.4) is 0 Å². The average Bonchev–Trinajstić information content (AvgIpc) is 3.78. The van der Waals surface area contributed by atoms with Crippen LogP contribution in [0, 0.1) is 17.8 Å². The molecule has 0 saturated heterocycles. The monoisotopic (exact) mass is 953 g/mol. The summed E-state index contributed by atoms with van der Waals surface area (Å²) in [5.74, 6) is 3.59. The highest BCUT2D eigenvalue weighted by atomic mass is 16.5. The Morgan fingerprint density at radius 3 is 1.29 bits per heavy atom. The normalized spacial score (nSPS) is 12.8. The number of ether oxygens (including phenoxy) is 1. The van der Waals surface area contributed by atoms with Gasteiger partial charge in [-0.1, -0.05) is 298 Å². The molecule has 1 heterocycles. The lowest BCUT2D eigenvalue weighted by Gasteiger charge is -2.21. The van der Waals surface area contributed by atoms with Crippen LogP contribution in [0.2, 0.25) is 0 Å². The molecule has 1 rings (SSSR count). The van der Waals surface area contributed by atoms with Gasteiger partial charge < -0.3 is 9.30 Å². The van der Waals surface area contributed by atoms with Crippen LogP contribution in [0.25, 0.3) is 0 Å². The van der Waals surface area contributed by atoms with E-state index in [1.165, 1.54) is 282 Å². The van der Waals surface area contributed by atoms with E-state index in [0.717, 1.165) is 50.5 Å². The predicted molar refractivity (Wildman–Crippen MR) is 302 cm³/mol. The van der Waals surface area contributed by atoms with Gasteiger partial charge in [0.2, 0.25) is 0 Å². The number of imidazole rings is 1. The summed E-state index contributed by atoms with van der Waals surface area (Å²) >= 11 is 0. The van der Waals surface area contributed by atoms with Crippen molar-refractivity contribution in [2.45, 2.75) is 369 Å². The van der Waals surface area contributed by atoms with Crippen molar-refractivity contribution in [3.8, 4) is 0 Å². The lowest BCUT2D eigenvalue weighted by Crippen LogP contribution is -2.19. The van der Waals surface area contributed by atoms with E-state index in [1.54, 1.807) is 0 Å². The number of nitrogens with zero attached hydrogens (tertiary/aromatic N) is 2. The zero-order valence-corrected chi connectivity index (χ0v) is 47.5. The van der Waals surface area contributed by atoms with E-state index in [2.05, 4.69) is 57.3 Å². The van der Waals surface area contributed by atoms with E-state index >= 15 is 0 Å². The summed E-state index contributed by atoms with van der Waals surface area (Å²) < 4.78 is 8.62. The number of carbonyl (C=O) groups is 1. The number of rotatable bonds is 55. The van der Waals surface area contributed by atoms with Crippen molar-refractivity contribution in [3.63, 3.8) is 0 Å². The Labute approximate surface area is 428 Å². The first-order chi connectivity index (χ1) is 33.4. The Balaban J connectivity index is 2.52. The zero-order chi connectivity index (χ0) is 49.2. The standard InChI is InChI=1S/C64H124N2O2/c1-7-10-13-15-17-19-21-23-25-27-29-31-33-35-37-39-48-61(49-40-38-36-34-32-30-28-26-24-22-20-18-16-14-11-8-2)50-41-42-51-62(55-54-60(6)47-45-46-59(4)5)68-64(67)53-43-44-57-66-58-56-65-63(66)52-12-9-3/h56,58-62H,7-55,57H2,1-6H3. The Kier molecular flexibility index (Phi) is 48.2. The topological polar surface area (TPSA) is 44.1 Å². The van der Waals surface area contributed by atoms with E-state index in [0.29, 0.717) is 12.3 Å². The van der Waals surface area contributed by atoms with Gasteiger partial charge in [-0.05, 0) is 62.7 Å². The summed E-state index contributed by atoms with van der Waals surface area (Å²) in [6.07, 6.45) is 70.2. The van der Waals surface area contributed by atoms with Crippen molar-refractivity contribution >= 4 is 5.97 Å². The van der Waals surface area contributed by atoms with Crippen molar-refractivity contribution in [1.29, 1.82) is 0 Å². The molecule has 0 bridgehead atoms. The minimum absolute atomic E-state index is 0.0316. The van der Waals surface area contributed by atoms with E-state index in [4.69, 9.17) is 4.74 Å². The van der Waals surface area contributed by atoms with Crippen molar-refractivity contribution in [2.75, 3.05) is 0 Å². The SMILES string of the molecule is CCCCCCCCCCCCCCCCCCC(CCCCCCCCCCCCCCCCCC)CCCCC(CCC(C)CCCC(C)C)OC(=O)CCCCn1ccnc1CCCC. The predicted octanol–water partition coefficient (Wildman–Crippen LogP) is 22.0. The number of esters is 1. The third-order valence-corrected chi connectivity index (χ3v) is 15.7. The van der Waals surface area contributed by atoms with Crippen LogP contribution in [0.4, 0.5) is 0 Å². The van der Waals surface area contributed by atoms with Gasteiger partial charge in [0.1, 0.15) is 11.9 Å². The number of hydrogen-bond acceptors (Lipinski definition) is 3. The molecule has 0 aliphatic rings. The van der Waals surface area contributed by atoms with Crippen LogP contribution in [0.1, 0.15) is 356 Å². The summed E-state index contributed by atoms with van der Waals surface area (Å²) in [6, 6.07) is 0. The summed E-state index contributed by atoms with van der Waals surface area (Å²) in [7, 11) is 0. The number of unbranched alkanes of at least 4 members (excludes halogenated alkanes) is 33. The Morgan fingerprint density at radius 1 is 0.441 bits per heavy atom. The summed E-state index contributed by atoms with van der Waals surface area (Å²) in [5.41, 5.74) is 0. The van der Waals surface area contributed by atoms with Gasteiger partial charge in [-0.25, -0.2) is 4.98 Å². The number of aryl methyl sites for hydroxylation is 2. The first-order valence-electron chi connectivity index (χ1n) is 31.6. The number of aromatic nitrogens is 2. The van der Waals surface area contributed by atoms with Crippen molar-refractivity contribution < 1.29 is 9.53 Å². The highest BCUT2D eigenvalue weighted by Crippen LogP contribution is 2.27. The van der Waals surface area contributed by atoms with Crippen molar-refractivity contribution in [3.05, 3.63) is 18.2 Å². The Morgan fingerprint density at radius 2 is 0.853 bits per heavy atom. The molecule has 402 valence electrons. The van der Waals surface area contributed by atoms with E-state index < -0.39 is 0 Å². The van der Waals surface area contributed by atoms with Gasteiger partial charge in [0, 0.05) is 31.8 Å². The van der Waals surface area contributed by atoms with Gasteiger partial charge in [0.05, 0.1) is 0 Å². The molecule has 1 aromatic heterocycles.